The van der Waals surface area contributed by atoms with E-state index in [0.717, 1.165) is 49.4 Å². The zero-order chi connectivity index (χ0) is 14.1. The first-order valence-corrected chi connectivity index (χ1v) is 7.37. The maximum Gasteiger partial charge on any atom is 0.142 e. The smallest absolute Gasteiger partial charge is 0.142 e. The molecule has 1 aromatic rings. The van der Waals surface area contributed by atoms with Crippen molar-refractivity contribution in [3.8, 4) is 23.7 Å². The van der Waals surface area contributed by atoms with Gasteiger partial charge in [-0.05, 0) is 24.0 Å². The van der Waals surface area contributed by atoms with Crippen LogP contribution in [0.5, 0.6) is 0 Å². The molecule has 2 nitrogen and oxygen atoms in total. The Labute approximate surface area is 126 Å². The van der Waals surface area contributed by atoms with Crippen LogP contribution in [-0.4, -0.2) is 49.8 Å². The number of rotatable bonds is 2. The van der Waals surface area contributed by atoms with Crippen molar-refractivity contribution in [2.45, 2.75) is 0 Å². The van der Waals surface area contributed by atoms with E-state index >= 15 is 0 Å². The molecule has 0 saturated carbocycles. The number of hydrogen-bond acceptors (Lipinski definition) is 1. The van der Waals surface area contributed by atoms with Crippen molar-refractivity contribution in [2.75, 3.05) is 45.3 Å². The number of quaternary nitrogens is 1. The lowest BCUT2D eigenvalue weighted by atomic mass is 10.2. The molecule has 20 heavy (non-hydrogen) atoms. The highest BCUT2D eigenvalue weighted by atomic mass is 35.5. The Morgan fingerprint density at radius 3 is 2.40 bits per heavy atom. The molecule has 0 N–H and O–H groups in total. The summed E-state index contributed by atoms with van der Waals surface area (Å²) >= 11 is 5.62. The van der Waals surface area contributed by atoms with Gasteiger partial charge in [0, 0.05) is 5.56 Å². The van der Waals surface area contributed by atoms with Crippen LogP contribution < -0.4 is 0 Å². The molecular weight excluding hydrogens is 270 g/mol. The van der Waals surface area contributed by atoms with Gasteiger partial charge in [0.05, 0.1) is 19.1 Å². The van der Waals surface area contributed by atoms with Crippen molar-refractivity contribution in [2.24, 2.45) is 0 Å². The second-order valence-electron chi connectivity index (χ2n) is 4.87. The van der Waals surface area contributed by atoms with Crippen LogP contribution in [-0.2, 0) is 4.74 Å². The Hall–Kier alpha value is -1.45. The average Bonchev–Trinajstić information content (AvgIpc) is 2.50. The van der Waals surface area contributed by atoms with Gasteiger partial charge in [-0.1, -0.05) is 30.0 Å². The van der Waals surface area contributed by atoms with Crippen LogP contribution in [0.4, 0.5) is 0 Å². The second-order valence-corrected chi connectivity index (χ2v) is 5.14. The highest BCUT2D eigenvalue weighted by molar-refractivity contribution is 6.19. The highest BCUT2D eigenvalue weighted by Crippen LogP contribution is 2.10. The number of ether oxygens (including phenoxy) is 1. The van der Waals surface area contributed by atoms with Crippen molar-refractivity contribution in [3.05, 3.63) is 35.9 Å². The summed E-state index contributed by atoms with van der Waals surface area (Å²) in [4.78, 5) is 0. The molecule has 1 aliphatic heterocycles. The fraction of sp³-hybridized carbons (Fsp3) is 0.412. The minimum Gasteiger partial charge on any atom is -0.370 e. The minimum atomic E-state index is 0.395. The van der Waals surface area contributed by atoms with Crippen molar-refractivity contribution < 1.29 is 9.22 Å². The predicted molar refractivity (Wildman–Crippen MR) is 82.4 cm³/mol. The first kappa shape index (κ1) is 14.9. The van der Waals surface area contributed by atoms with Crippen molar-refractivity contribution in [3.63, 3.8) is 0 Å². The molecular formula is C17H19ClNO+. The van der Waals surface area contributed by atoms with E-state index in [0.29, 0.717) is 5.88 Å². The summed E-state index contributed by atoms with van der Waals surface area (Å²) in [7, 11) is 0. The third kappa shape index (κ3) is 4.58. The largest absolute Gasteiger partial charge is 0.370 e. The summed E-state index contributed by atoms with van der Waals surface area (Å²) in [6.07, 6.45) is 0. The van der Waals surface area contributed by atoms with Gasteiger partial charge in [-0.3, -0.25) is 4.48 Å². The molecule has 1 heterocycles. The number of alkyl halides is 1. The first-order chi connectivity index (χ1) is 9.85. The lowest BCUT2D eigenvalue weighted by molar-refractivity contribution is -0.922. The summed E-state index contributed by atoms with van der Waals surface area (Å²) in [6, 6.07) is 10.1. The summed E-state index contributed by atoms with van der Waals surface area (Å²) in [5, 5.41) is 0. The van der Waals surface area contributed by atoms with Crippen LogP contribution in [0.15, 0.2) is 30.3 Å². The van der Waals surface area contributed by atoms with Gasteiger partial charge < -0.3 is 4.74 Å². The fourth-order valence-corrected chi connectivity index (χ4v) is 2.30. The Morgan fingerprint density at radius 1 is 1.00 bits per heavy atom. The molecule has 0 amide bonds. The molecule has 2 rings (SSSR count). The van der Waals surface area contributed by atoms with Crippen molar-refractivity contribution in [1.82, 2.24) is 0 Å². The number of benzene rings is 1. The standard InChI is InChI=1S/C17H19ClNO/c18-10-4-5-11-19(13-15-20-16-14-19)12-6-9-17-7-2-1-3-8-17/h1-3,7-8H,10-16H2/q+1. The van der Waals surface area contributed by atoms with E-state index in [2.05, 4.69) is 23.7 Å². The van der Waals surface area contributed by atoms with Gasteiger partial charge in [0.2, 0.25) is 0 Å². The number of nitrogens with zero attached hydrogens (tertiary/aromatic N) is 1. The third-order valence-corrected chi connectivity index (χ3v) is 3.58. The van der Waals surface area contributed by atoms with Gasteiger partial charge in [0.25, 0.3) is 0 Å². The number of morpholine rings is 1. The highest BCUT2D eigenvalue weighted by Gasteiger charge is 2.28. The van der Waals surface area contributed by atoms with Gasteiger partial charge in [-0.2, -0.15) is 0 Å². The molecule has 0 bridgehead atoms. The summed E-state index contributed by atoms with van der Waals surface area (Å²) in [5.41, 5.74) is 1.06. The summed E-state index contributed by atoms with van der Waals surface area (Å²) in [5.74, 6) is 13.0. The molecule has 0 aliphatic carbocycles. The molecule has 1 aliphatic rings. The zero-order valence-corrected chi connectivity index (χ0v) is 12.3. The van der Waals surface area contributed by atoms with Crippen LogP contribution in [0.1, 0.15) is 5.56 Å². The van der Waals surface area contributed by atoms with Crippen LogP contribution in [0.2, 0.25) is 0 Å². The Balaban J connectivity index is 2.02. The van der Waals surface area contributed by atoms with E-state index in [-0.39, 0.29) is 0 Å². The molecule has 104 valence electrons. The Kier molecular flexibility index (Phi) is 5.96. The predicted octanol–water partition coefficient (Wildman–Crippen LogP) is 2.13. The van der Waals surface area contributed by atoms with Crippen molar-refractivity contribution >= 4 is 11.6 Å². The third-order valence-electron chi connectivity index (χ3n) is 3.45. The van der Waals surface area contributed by atoms with Gasteiger partial charge >= 0.3 is 0 Å². The van der Waals surface area contributed by atoms with E-state index < -0.39 is 0 Å². The SMILES string of the molecule is ClCC#CC[N+]1(CC#Cc2ccccc2)CCOCC1. The summed E-state index contributed by atoms with van der Waals surface area (Å²) in [6.45, 7) is 5.14. The first-order valence-electron chi connectivity index (χ1n) is 6.83. The van der Waals surface area contributed by atoms with Crippen LogP contribution >= 0.6 is 11.6 Å². The topological polar surface area (TPSA) is 9.23 Å². The number of halogens is 1. The van der Waals surface area contributed by atoms with Gasteiger partial charge in [-0.25, -0.2) is 0 Å². The molecule has 0 radical (unpaired) electrons. The molecule has 3 heteroatoms. The van der Waals surface area contributed by atoms with E-state index in [1.807, 2.05) is 30.3 Å². The Morgan fingerprint density at radius 2 is 1.70 bits per heavy atom. The van der Waals surface area contributed by atoms with Gasteiger partial charge in [0.15, 0.2) is 0 Å². The molecule has 1 saturated heterocycles. The maximum atomic E-state index is 5.62. The van der Waals surface area contributed by atoms with E-state index in [1.165, 1.54) is 0 Å². The zero-order valence-electron chi connectivity index (χ0n) is 11.6. The molecule has 0 atom stereocenters. The van der Waals surface area contributed by atoms with Gasteiger partial charge in [-0.15, -0.1) is 11.6 Å². The van der Waals surface area contributed by atoms with E-state index in [1.54, 1.807) is 0 Å². The second kappa shape index (κ2) is 7.98. The monoisotopic (exact) mass is 288 g/mol. The Bertz CT molecular complexity index is 527. The number of hydrogen-bond donors (Lipinski definition) is 0. The van der Waals surface area contributed by atoms with Gasteiger partial charge in [0.1, 0.15) is 26.2 Å². The lowest BCUT2D eigenvalue weighted by Crippen LogP contribution is -2.55. The van der Waals surface area contributed by atoms with Crippen LogP contribution in [0.3, 0.4) is 0 Å². The molecule has 0 aromatic heterocycles. The van der Waals surface area contributed by atoms with E-state index in [9.17, 15) is 0 Å². The minimum absolute atomic E-state index is 0.395. The normalized spacial score (nSPS) is 16.4. The molecule has 0 unspecified atom stereocenters. The van der Waals surface area contributed by atoms with E-state index in [4.69, 9.17) is 16.3 Å². The maximum absolute atomic E-state index is 5.62. The fourth-order valence-electron chi connectivity index (χ4n) is 2.20. The van der Waals surface area contributed by atoms with Crippen molar-refractivity contribution in [1.29, 1.82) is 0 Å². The summed E-state index contributed by atoms with van der Waals surface area (Å²) < 4.78 is 6.35. The lowest BCUT2D eigenvalue weighted by Gasteiger charge is -2.38. The molecule has 0 spiro atoms. The molecule has 1 fully saturated rings. The van der Waals surface area contributed by atoms with Crippen LogP contribution in [0.25, 0.3) is 0 Å². The van der Waals surface area contributed by atoms with Crippen LogP contribution in [0, 0.1) is 23.7 Å². The molecule has 1 aromatic carbocycles. The quantitative estimate of drug-likeness (QED) is 0.460. The average molecular weight is 289 g/mol.